The number of benzene rings is 1. The average molecular weight is 335 g/mol. The third kappa shape index (κ3) is 2.71. The monoisotopic (exact) mass is 335 g/mol. The zero-order valence-corrected chi connectivity index (χ0v) is 14.0. The van der Waals surface area contributed by atoms with Crippen LogP contribution in [0.3, 0.4) is 0 Å². The van der Waals surface area contributed by atoms with Crippen LogP contribution in [0.4, 0.5) is 5.82 Å². The molecule has 25 heavy (non-hydrogen) atoms. The number of rotatable bonds is 4. The van der Waals surface area contributed by atoms with Crippen LogP contribution in [0.15, 0.2) is 36.4 Å². The number of hydrogen-bond acceptors (Lipinski definition) is 5. The summed E-state index contributed by atoms with van der Waals surface area (Å²) < 4.78 is 1.82. The molecule has 2 aliphatic carbocycles. The average Bonchev–Trinajstić information content (AvgIpc) is 3.33. The Labute approximate surface area is 145 Å². The summed E-state index contributed by atoms with van der Waals surface area (Å²) in [6, 6.07) is 11.7. The summed E-state index contributed by atoms with van der Waals surface area (Å²) in [5, 5.41) is 26.3. The second-order valence-electron chi connectivity index (χ2n) is 7.37. The number of anilines is 1. The number of aromatic hydroxyl groups is 1. The van der Waals surface area contributed by atoms with Gasteiger partial charge in [0.25, 0.3) is 0 Å². The van der Waals surface area contributed by atoms with E-state index in [4.69, 9.17) is 5.10 Å². The minimum absolute atomic E-state index is 0.269. The van der Waals surface area contributed by atoms with E-state index in [9.17, 15) is 5.11 Å². The highest BCUT2D eigenvalue weighted by Gasteiger charge is 2.39. The number of aromatic nitrogens is 4. The normalized spacial score (nSPS) is 24.9. The van der Waals surface area contributed by atoms with E-state index in [0.717, 1.165) is 34.7 Å². The maximum atomic E-state index is 9.42. The van der Waals surface area contributed by atoms with Crippen molar-refractivity contribution in [1.82, 2.24) is 19.8 Å². The Morgan fingerprint density at radius 1 is 1.04 bits per heavy atom. The van der Waals surface area contributed by atoms with Gasteiger partial charge in [0.05, 0.1) is 0 Å². The number of phenols is 1. The maximum Gasteiger partial charge on any atom is 0.178 e. The molecular formula is C19H21N5O. The fraction of sp³-hybridized carbons (Fsp3) is 0.421. The zero-order valence-electron chi connectivity index (χ0n) is 14.0. The van der Waals surface area contributed by atoms with E-state index < -0.39 is 0 Å². The van der Waals surface area contributed by atoms with E-state index >= 15 is 0 Å². The highest BCUT2D eigenvalue weighted by Crippen LogP contribution is 2.45. The summed E-state index contributed by atoms with van der Waals surface area (Å²) in [4.78, 5) is 0. The molecule has 3 aromatic rings. The van der Waals surface area contributed by atoms with Crippen LogP contribution in [0.1, 0.15) is 37.1 Å². The van der Waals surface area contributed by atoms with Gasteiger partial charge in [-0.1, -0.05) is 18.6 Å². The van der Waals surface area contributed by atoms with Crippen LogP contribution in [0.25, 0.3) is 5.65 Å². The van der Waals surface area contributed by atoms with Gasteiger partial charge in [-0.3, -0.25) is 0 Å². The first kappa shape index (κ1) is 14.7. The van der Waals surface area contributed by atoms with Gasteiger partial charge in [0.1, 0.15) is 11.6 Å². The molecule has 2 fully saturated rings. The minimum Gasteiger partial charge on any atom is -0.508 e. The fourth-order valence-electron chi connectivity index (χ4n) is 4.43. The molecule has 2 aliphatic rings. The molecule has 2 aromatic heterocycles. The molecule has 6 nitrogen and oxygen atoms in total. The van der Waals surface area contributed by atoms with Crippen LogP contribution in [0.5, 0.6) is 5.75 Å². The smallest absolute Gasteiger partial charge is 0.178 e. The van der Waals surface area contributed by atoms with Crippen LogP contribution in [0.2, 0.25) is 0 Å². The lowest BCUT2D eigenvalue weighted by Crippen LogP contribution is -2.26. The lowest BCUT2D eigenvalue weighted by Gasteiger charge is -2.23. The second kappa shape index (κ2) is 5.72. The van der Waals surface area contributed by atoms with Crippen molar-refractivity contribution in [2.45, 2.75) is 38.1 Å². The summed E-state index contributed by atoms with van der Waals surface area (Å²) in [6.45, 7) is 0. The Kier molecular flexibility index (Phi) is 3.36. The molecule has 3 atom stereocenters. The molecule has 2 bridgehead atoms. The summed E-state index contributed by atoms with van der Waals surface area (Å²) in [5.41, 5.74) is 1.83. The van der Waals surface area contributed by atoms with Crippen molar-refractivity contribution in [3.05, 3.63) is 47.8 Å². The molecule has 0 saturated heterocycles. The lowest BCUT2D eigenvalue weighted by molar-refractivity contribution is 0.438. The highest BCUT2D eigenvalue weighted by molar-refractivity contribution is 5.45. The van der Waals surface area contributed by atoms with Crippen LogP contribution in [-0.2, 0) is 6.42 Å². The van der Waals surface area contributed by atoms with Gasteiger partial charge in [-0.2, -0.15) is 4.52 Å². The molecule has 5 rings (SSSR count). The van der Waals surface area contributed by atoms with Crippen molar-refractivity contribution >= 4 is 11.5 Å². The van der Waals surface area contributed by atoms with Gasteiger partial charge in [-0.15, -0.1) is 15.3 Å². The van der Waals surface area contributed by atoms with Crippen molar-refractivity contribution in [3.63, 3.8) is 0 Å². The van der Waals surface area contributed by atoms with E-state index in [1.807, 2.05) is 28.8 Å². The predicted molar refractivity (Wildman–Crippen MR) is 94.6 cm³/mol. The Balaban J connectivity index is 1.40. The molecular weight excluding hydrogens is 314 g/mol. The first-order valence-electron chi connectivity index (χ1n) is 9.00. The summed E-state index contributed by atoms with van der Waals surface area (Å²) in [5.74, 6) is 3.69. The highest BCUT2D eigenvalue weighted by atomic mass is 16.3. The minimum atomic E-state index is 0.269. The maximum absolute atomic E-state index is 9.42. The summed E-state index contributed by atoms with van der Waals surface area (Å²) in [6.07, 6.45) is 6.03. The van der Waals surface area contributed by atoms with Gasteiger partial charge in [-0.05, 0) is 60.9 Å². The Morgan fingerprint density at radius 2 is 1.92 bits per heavy atom. The van der Waals surface area contributed by atoms with Crippen molar-refractivity contribution in [1.29, 1.82) is 0 Å². The Morgan fingerprint density at radius 3 is 2.68 bits per heavy atom. The van der Waals surface area contributed by atoms with Gasteiger partial charge in [0.15, 0.2) is 11.5 Å². The van der Waals surface area contributed by atoms with E-state index in [1.54, 1.807) is 12.1 Å². The molecule has 1 aromatic carbocycles. The van der Waals surface area contributed by atoms with Gasteiger partial charge in [-0.25, -0.2) is 0 Å². The largest absolute Gasteiger partial charge is 0.508 e. The fourth-order valence-corrected chi connectivity index (χ4v) is 4.43. The molecule has 2 N–H and O–H groups in total. The second-order valence-corrected chi connectivity index (χ2v) is 7.37. The molecule has 2 heterocycles. The van der Waals surface area contributed by atoms with Crippen molar-refractivity contribution in [3.8, 4) is 5.75 Å². The molecule has 3 unspecified atom stereocenters. The standard InChI is InChI=1S/C19H21N5O/c25-15-5-2-12(3-6-15)11-19-22-21-18-8-7-17(23-24(18)19)20-16-10-13-1-4-14(16)9-13/h2-3,5-8,13-14,16,25H,1,4,9-11H2,(H,20,23). The van der Waals surface area contributed by atoms with Crippen LogP contribution >= 0.6 is 0 Å². The Hall–Kier alpha value is -2.63. The third-order valence-corrected chi connectivity index (χ3v) is 5.70. The van der Waals surface area contributed by atoms with E-state index in [0.29, 0.717) is 12.5 Å². The Bertz CT molecular complexity index is 904. The lowest BCUT2D eigenvalue weighted by atomic mass is 9.95. The van der Waals surface area contributed by atoms with Crippen molar-refractivity contribution < 1.29 is 5.11 Å². The van der Waals surface area contributed by atoms with Crippen molar-refractivity contribution in [2.24, 2.45) is 11.8 Å². The third-order valence-electron chi connectivity index (χ3n) is 5.70. The van der Waals surface area contributed by atoms with E-state index in [1.165, 1.54) is 25.7 Å². The van der Waals surface area contributed by atoms with E-state index in [2.05, 4.69) is 15.5 Å². The molecule has 0 spiro atoms. The van der Waals surface area contributed by atoms with Crippen LogP contribution < -0.4 is 5.32 Å². The molecule has 0 radical (unpaired) electrons. The number of phenolic OH excluding ortho intramolecular Hbond substituents is 1. The van der Waals surface area contributed by atoms with Gasteiger partial charge >= 0.3 is 0 Å². The number of nitrogens with one attached hydrogen (secondary N) is 1. The summed E-state index contributed by atoms with van der Waals surface area (Å²) >= 11 is 0. The quantitative estimate of drug-likeness (QED) is 0.766. The number of fused-ring (bicyclic) bond motifs is 3. The molecule has 128 valence electrons. The van der Waals surface area contributed by atoms with Gasteiger partial charge in [0, 0.05) is 12.5 Å². The molecule has 2 saturated carbocycles. The van der Waals surface area contributed by atoms with Crippen molar-refractivity contribution in [2.75, 3.05) is 5.32 Å². The molecule has 0 amide bonds. The predicted octanol–water partition coefficient (Wildman–Crippen LogP) is 3.02. The van der Waals surface area contributed by atoms with Crippen LogP contribution in [-0.4, -0.2) is 31.0 Å². The van der Waals surface area contributed by atoms with E-state index in [-0.39, 0.29) is 5.75 Å². The summed E-state index contributed by atoms with van der Waals surface area (Å²) in [7, 11) is 0. The molecule has 6 heteroatoms. The number of hydrogen-bond donors (Lipinski definition) is 2. The first-order valence-corrected chi connectivity index (χ1v) is 9.00. The topological polar surface area (TPSA) is 75.3 Å². The molecule has 0 aliphatic heterocycles. The first-order chi connectivity index (χ1) is 12.2. The zero-order chi connectivity index (χ0) is 16.8. The number of nitrogens with zero attached hydrogens (tertiary/aromatic N) is 4. The SMILES string of the molecule is Oc1ccc(Cc2nnc3ccc(NC4CC5CCC4C5)nn23)cc1. The van der Waals surface area contributed by atoms with Gasteiger partial charge < -0.3 is 10.4 Å². The van der Waals surface area contributed by atoms with Crippen LogP contribution in [0, 0.1) is 11.8 Å². The van der Waals surface area contributed by atoms with Gasteiger partial charge in [0.2, 0.25) is 0 Å².